The van der Waals surface area contributed by atoms with Gasteiger partial charge in [-0.25, -0.2) is 8.78 Å². The third kappa shape index (κ3) is 5.56. The zero-order valence-corrected chi connectivity index (χ0v) is 18.6. The Kier molecular flexibility index (Phi) is 7.57. The van der Waals surface area contributed by atoms with Crippen molar-refractivity contribution in [3.8, 4) is 0 Å². The number of methoxy groups -OCH3 is 1. The van der Waals surface area contributed by atoms with Crippen LogP contribution in [0.4, 0.5) is 14.6 Å². The van der Waals surface area contributed by atoms with Gasteiger partial charge in [0, 0.05) is 51.8 Å². The SMILES string of the molecule is COCCC(=O)NC1CCC(CCN2CCN(c3noc4cc(F)c(F)cc34)CC2)CC1. The van der Waals surface area contributed by atoms with Crippen molar-refractivity contribution in [3.63, 3.8) is 0 Å². The van der Waals surface area contributed by atoms with Crippen LogP contribution in [0.3, 0.4) is 0 Å². The first-order valence-corrected chi connectivity index (χ1v) is 11.5. The lowest BCUT2D eigenvalue weighted by Gasteiger charge is -2.36. The first kappa shape index (κ1) is 22.9. The number of amides is 1. The molecule has 1 aromatic heterocycles. The molecular formula is C23H32F2N4O3. The van der Waals surface area contributed by atoms with E-state index in [4.69, 9.17) is 9.26 Å². The molecule has 1 N–H and O–H groups in total. The van der Waals surface area contributed by atoms with Crippen LogP contribution in [0.5, 0.6) is 0 Å². The summed E-state index contributed by atoms with van der Waals surface area (Å²) in [6, 6.07) is 2.52. The second-order valence-electron chi connectivity index (χ2n) is 8.91. The Labute approximate surface area is 187 Å². The molecule has 1 amide bonds. The Balaban J connectivity index is 1.18. The number of nitrogens with one attached hydrogen (secondary N) is 1. The van der Waals surface area contributed by atoms with E-state index in [1.54, 1.807) is 7.11 Å². The molecule has 1 saturated heterocycles. The Morgan fingerprint density at radius 1 is 1.16 bits per heavy atom. The highest BCUT2D eigenvalue weighted by Crippen LogP contribution is 2.30. The molecule has 1 saturated carbocycles. The molecule has 7 nitrogen and oxygen atoms in total. The minimum atomic E-state index is -0.924. The van der Waals surface area contributed by atoms with Crippen LogP contribution >= 0.6 is 0 Å². The highest BCUT2D eigenvalue weighted by molar-refractivity contribution is 5.88. The fourth-order valence-corrected chi connectivity index (χ4v) is 4.79. The molecule has 32 heavy (non-hydrogen) atoms. The number of nitrogens with zero attached hydrogens (tertiary/aromatic N) is 3. The van der Waals surface area contributed by atoms with E-state index in [1.807, 2.05) is 0 Å². The number of hydrogen-bond acceptors (Lipinski definition) is 6. The van der Waals surface area contributed by atoms with Gasteiger partial charge < -0.3 is 19.5 Å². The number of halogens is 2. The zero-order valence-electron chi connectivity index (χ0n) is 18.6. The summed E-state index contributed by atoms with van der Waals surface area (Å²) in [5, 5.41) is 7.69. The minimum Gasteiger partial charge on any atom is -0.384 e. The second-order valence-corrected chi connectivity index (χ2v) is 8.91. The average molecular weight is 451 g/mol. The lowest BCUT2D eigenvalue weighted by Crippen LogP contribution is -2.47. The molecule has 2 fully saturated rings. The highest BCUT2D eigenvalue weighted by Gasteiger charge is 2.25. The number of ether oxygens (including phenoxy) is 1. The molecule has 0 bridgehead atoms. The van der Waals surface area contributed by atoms with Gasteiger partial charge in [0.2, 0.25) is 5.91 Å². The van der Waals surface area contributed by atoms with Crippen LogP contribution in [0, 0.1) is 17.6 Å². The van der Waals surface area contributed by atoms with E-state index < -0.39 is 11.6 Å². The van der Waals surface area contributed by atoms with E-state index in [-0.39, 0.29) is 11.5 Å². The molecule has 2 aromatic rings. The summed E-state index contributed by atoms with van der Waals surface area (Å²) in [6.07, 6.45) is 6.01. The number of aromatic nitrogens is 1. The quantitative estimate of drug-likeness (QED) is 0.665. The number of fused-ring (bicyclic) bond motifs is 1. The van der Waals surface area contributed by atoms with Gasteiger partial charge in [0.25, 0.3) is 0 Å². The van der Waals surface area contributed by atoms with E-state index in [0.717, 1.165) is 64.5 Å². The van der Waals surface area contributed by atoms with Crippen LogP contribution < -0.4 is 10.2 Å². The summed E-state index contributed by atoms with van der Waals surface area (Å²) in [4.78, 5) is 16.4. The largest absolute Gasteiger partial charge is 0.384 e. The molecule has 0 spiro atoms. The van der Waals surface area contributed by atoms with Crippen molar-refractivity contribution in [1.29, 1.82) is 0 Å². The molecular weight excluding hydrogens is 418 g/mol. The van der Waals surface area contributed by atoms with Gasteiger partial charge in [0.05, 0.1) is 12.0 Å². The summed E-state index contributed by atoms with van der Waals surface area (Å²) in [7, 11) is 1.61. The smallest absolute Gasteiger partial charge is 0.222 e. The van der Waals surface area contributed by atoms with Gasteiger partial charge in [-0.05, 0) is 50.6 Å². The van der Waals surface area contributed by atoms with Gasteiger partial charge in [0.15, 0.2) is 23.0 Å². The number of carbonyl (C=O) groups is 1. The molecule has 176 valence electrons. The summed E-state index contributed by atoms with van der Waals surface area (Å²) in [5.74, 6) is -0.430. The topological polar surface area (TPSA) is 70.8 Å². The van der Waals surface area contributed by atoms with Gasteiger partial charge in [0.1, 0.15) is 0 Å². The number of anilines is 1. The van der Waals surface area contributed by atoms with Crippen molar-refractivity contribution in [3.05, 3.63) is 23.8 Å². The number of piperazine rings is 1. The maximum absolute atomic E-state index is 13.7. The van der Waals surface area contributed by atoms with Crippen LogP contribution in [0.1, 0.15) is 38.5 Å². The van der Waals surface area contributed by atoms with Crippen LogP contribution in [-0.2, 0) is 9.53 Å². The molecule has 0 atom stereocenters. The molecule has 0 radical (unpaired) electrons. The molecule has 2 heterocycles. The molecule has 1 aromatic carbocycles. The fourth-order valence-electron chi connectivity index (χ4n) is 4.79. The lowest BCUT2D eigenvalue weighted by atomic mass is 9.84. The van der Waals surface area contributed by atoms with Gasteiger partial charge in [-0.2, -0.15) is 0 Å². The van der Waals surface area contributed by atoms with Crippen molar-refractivity contribution in [2.45, 2.75) is 44.6 Å². The molecule has 9 heteroatoms. The zero-order chi connectivity index (χ0) is 22.5. The second kappa shape index (κ2) is 10.6. The van der Waals surface area contributed by atoms with E-state index in [9.17, 15) is 13.6 Å². The fraction of sp³-hybridized carbons (Fsp3) is 0.652. The maximum atomic E-state index is 13.7. The molecule has 4 rings (SSSR count). The van der Waals surface area contributed by atoms with Crippen LogP contribution in [-0.4, -0.2) is 68.4 Å². The third-order valence-corrected chi connectivity index (χ3v) is 6.76. The molecule has 1 aliphatic heterocycles. The summed E-state index contributed by atoms with van der Waals surface area (Å²) in [6.45, 7) is 4.90. The van der Waals surface area contributed by atoms with Gasteiger partial charge >= 0.3 is 0 Å². The standard InChI is InChI=1S/C23H32F2N4O3/c1-31-13-7-22(30)26-17-4-2-16(3-5-17)6-8-28-9-11-29(12-10-28)23-18-14-19(24)20(25)15-21(18)32-27-23/h14-17H,2-13H2,1H3,(H,26,30). The van der Waals surface area contributed by atoms with Crippen LogP contribution in [0.2, 0.25) is 0 Å². The van der Waals surface area contributed by atoms with Crippen molar-refractivity contribution in [2.75, 3.05) is 51.3 Å². The van der Waals surface area contributed by atoms with Crippen LogP contribution in [0.15, 0.2) is 16.7 Å². The minimum absolute atomic E-state index is 0.0842. The number of benzene rings is 1. The maximum Gasteiger partial charge on any atom is 0.222 e. The molecule has 1 aliphatic carbocycles. The Bertz CT molecular complexity index is 906. The predicted octanol–water partition coefficient (Wildman–Crippen LogP) is 3.33. The summed E-state index contributed by atoms with van der Waals surface area (Å²) < 4.78 is 37.2. The van der Waals surface area contributed by atoms with Crippen molar-refractivity contribution in [2.24, 2.45) is 5.92 Å². The highest BCUT2D eigenvalue weighted by atomic mass is 19.2. The van der Waals surface area contributed by atoms with Gasteiger partial charge in [-0.3, -0.25) is 9.69 Å². The first-order chi connectivity index (χ1) is 15.5. The summed E-state index contributed by atoms with van der Waals surface area (Å²) >= 11 is 0. The predicted molar refractivity (Wildman–Crippen MR) is 118 cm³/mol. The van der Waals surface area contributed by atoms with Crippen LogP contribution in [0.25, 0.3) is 11.0 Å². The number of rotatable bonds is 8. The molecule has 2 aliphatic rings. The van der Waals surface area contributed by atoms with Crippen molar-refractivity contribution < 1.29 is 22.8 Å². The number of hydrogen-bond donors (Lipinski definition) is 1. The lowest BCUT2D eigenvalue weighted by molar-refractivity contribution is -0.122. The molecule has 0 unspecified atom stereocenters. The van der Waals surface area contributed by atoms with Crippen molar-refractivity contribution in [1.82, 2.24) is 15.4 Å². The summed E-state index contributed by atoms with van der Waals surface area (Å²) in [5.41, 5.74) is 0.270. The average Bonchev–Trinajstić information content (AvgIpc) is 3.20. The van der Waals surface area contributed by atoms with Gasteiger partial charge in [-0.15, -0.1) is 0 Å². The van der Waals surface area contributed by atoms with Crippen molar-refractivity contribution >= 4 is 22.7 Å². The van der Waals surface area contributed by atoms with E-state index in [2.05, 4.69) is 20.3 Å². The Morgan fingerprint density at radius 3 is 2.59 bits per heavy atom. The third-order valence-electron chi connectivity index (χ3n) is 6.76. The Hall–Kier alpha value is -2.26. The Morgan fingerprint density at radius 2 is 1.88 bits per heavy atom. The van der Waals surface area contributed by atoms with E-state index in [1.165, 1.54) is 12.5 Å². The van der Waals surface area contributed by atoms with E-state index >= 15 is 0 Å². The normalized spacial score (nSPS) is 22.4. The number of carbonyl (C=O) groups excluding carboxylic acids is 1. The monoisotopic (exact) mass is 450 g/mol. The first-order valence-electron chi connectivity index (χ1n) is 11.5. The van der Waals surface area contributed by atoms with Gasteiger partial charge in [-0.1, -0.05) is 5.16 Å². The van der Waals surface area contributed by atoms with E-state index in [0.29, 0.717) is 36.2 Å².